The van der Waals surface area contributed by atoms with E-state index in [9.17, 15) is 14.4 Å². The number of ketones is 1. The van der Waals surface area contributed by atoms with Crippen LogP contribution in [0.4, 0.5) is 0 Å². The van der Waals surface area contributed by atoms with E-state index in [4.69, 9.17) is 4.74 Å². The minimum atomic E-state index is -0.649. The van der Waals surface area contributed by atoms with Gasteiger partial charge in [0.2, 0.25) is 5.91 Å². The second-order valence-electron chi connectivity index (χ2n) is 8.51. The normalized spacial score (nSPS) is 20.5. The van der Waals surface area contributed by atoms with Crippen LogP contribution in [0.3, 0.4) is 0 Å². The highest BCUT2D eigenvalue weighted by atomic mass is 32.1. The Labute approximate surface area is 200 Å². The smallest absolute Gasteiger partial charge is 0.251 e. The van der Waals surface area contributed by atoms with E-state index in [2.05, 4.69) is 19.2 Å². The van der Waals surface area contributed by atoms with E-state index in [-0.39, 0.29) is 70.6 Å². The molecule has 6 nitrogen and oxygen atoms in total. The summed E-state index contributed by atoms with van der Waals surface area (Å²) in [6, 6.07) is 6.33. The van der Waals surface area contributed by atoms with Crippen LogP contribution in [0.1, 0.15) is 69.8 Å². The zero-order chi connectivity index (χ0) is 20.4. The van der Waals surface area contributed by atoms with Gasteiger partial charge in [0.15, 0.2) is 5.78 Å². The van der Waals surface area contributed by atoms with Gasteiger partial charge in [-0.1, -0.05) is 47.3 Å². The highest BCUT2D eigenvalue weighted by molar-refractivity contribution is 7.59. The highest BCUT2D eigenvalue weighted by Crippen LogP contribution is 2.28. The van der Waals surface area contributed by atoms with E-state index in [0.29, 0.717) is 30.9 Å². The number of carbonyl (C=O) groups excluding carboxylic acids is 3. The molecule has 31 heavy (non-hydrogen) atoms. The van der Waals surface area contributed by atoms with Gasteiger partial charge in [-0.2, -0.15) is 27.0 Å². The Bertz CT molecular complexity index is 752. The Morgan fingerprint density at radius 2 is 1.74 bits per heavy atom. The number of benzene rings is 1. The number of nitrogens with one attached hydrogen (secondary N) is 1. The lowest BCUT2D eigenvalue weighted by molar-refractivity contribution is -0.138. The number of ether oxygens (including phenoxy) is 1. The third kappa shape index (κ3) is 6.73. The molecule has 3 atom stereocenters. The molecule has 2 fully saturated rings. The maximum Gasteiger partial charge on any atom is 0.251 e. The first-order chi connectivity index (χ1) is 13.3. The van der Waals surface area contributed by atoms with E-state index < -0.39 is 12.1 Å². The van der Waals surface area contributed by atoms with Crippen LogP contribution in [0.15, 0.2) is 24.3 Å². The quantitative estimate of drug-likeness (QED) is 0.692. The monoisotopic (exact) mass is 470 g/mol. The van der Waals surface area contributed by atoms with Crippen molar-refractivity contribution in [3.63, 3.8) is 0 Å². The first-order valence-corrected chi connectivity index (χ1v) is 10.1. The lowest BCUT2D eigenvalue weighted by Crippen LogP contribution is -2.52. The predicted molar refractivity (Wildman–Crippen MR) is 134 cm³/mol. The highest BCUT2D eigenvalue weighted by Gasteiger charge is 2.48. The summed E-state index contributed by atoms with van der Waals surface area (Å²) in [7, 11) is 0. The van der Waals surface area contributed by atoms with Gasteiger partial charge < -0.3 is 15.0 Å². The van der Waals surface area contributed by atoms with Crippen molar-refractivity contribution in [3.8, 4) is 0 Å². The van der Waals surface area contributed by atoms with Gasteiger partial charge in [0.1, 0.15) is 18.7 Å². The topological polar surface area (TPSA) is 75.7 Å². The number of rotatable bonds is 6. The molecule has 2 aliphatic rings. The number of nitrogens with zero attached hydrogens (tertiary/aromatic N) is 1. The summed E-state index contributed by atoms with van der Waals surface area (Å²) in [5, 5.41) is 2.90. The van der Waals surface area contributed by atoms with Crippen molar-refractivity contribution in [1.82, 2.24) is 10.2 Å². The molecule has 1 N–H and O–H groups in total. The molecule has 0 unspecified atom stereocenters. The van der Waals surface area contributed by atoms with Gasteiger partial charge in [0.25, 0.3) is 5.91 Å². The van der Waals surface area contributed by atoms with Gasteiger partial charge >= 0.3 is 0 Å². The fourth-order valence-electron chi connectivity index (χ4n) is 4.00. The molecular weight excluding hydrogens is 432 g/mol. The van der Waals surface area contributed by atoms with Crippen molar-refractivity contribution in [2.75, 3.05) is 13.2 Å². The first kappa shape index (κ1) is 29.5. The molecule has 0 aromatic heterocycles. The fraction of sp³-hybridized carbons (Fsp3) is 0.609. The fourth-order valence-corrected chi connectivity index (χ4v) is 4.00. The lowest BCUT2D eigenvalue weighted by atomic mass is 10.00. The first-order valence-electron chi connectivity index (χ1n) is 10.1. The van der Waals surface area contributed by atoms with Crippen LogP contribution in [0.25, 0.3) is 0 Å². The Kier molecular flexibility index (Phi) is 11.9. The molecule has 0 aliphatic carbocycles. The molecule has 3 rings (SSSR count). The molecule has 0 radical (unpaired) electrons. The van der Waals surface area contributed by atoms with Crippen LogP contribution in [-0.4, -0.2) is 53.8 Å². The standard InChI is InChI=1S/C22H30N2O4.CH4.2H2S/c1-13(2)11-17(22(27)24-10-9-19-20(24)18(25)12-28-19)23-21(26)16-7-5-15(6-8-16)14(3)4;;;/h5-8,13-14,17,19-20H,9-12H2,1-4H3,(H,23,26);1H4;2*1H2/t17-,19+,20+;;;/m0.../s1. The van der Waals surface area contributed by atoms with Gasteiger partial charge in [-0.15, -0.1) is 0 Å². The molecule has 2 saturated heterocycles. The SMILES string of the molecule is C.CC(C)C[C@H](NC(=O)c1ccc(C(C)C)cc1)C(=O)N1CC[C@H]2OCC(=O)[C@H]21.S.S. The van der Waals surface area contributed by atoms with Gasteiger partial charge in [0.05, 0.1) is 6.10 Å². The average Bonchev–Trinajstić information content (AvgIpc) is 3.23. The number of likely N-dealkylation sites (tertiary alicyclic amines) is 1. The van der Waals surface area contributed by atoms with Crippen molar-refractivity contribution in [2.45, 2.75) is 72.1 Å². The van der Waals surface area contributed by atoms with E-state index >= 15 is 0 Å². The summed E-state index contributed by atoms with van der Waals surface area (Å²) in [5.41, 5.74) is 1.69. The summed E-state index contributed by atoms with van der Waals surface area (Å²) >= 11 is 0. The summed E-state index contributed by atoms with van der Waals surface area (Å²) in [6.45, 7) is 8.80. The van der Waals surface area contributed by atoms with E-state index in [1.807, 2.05) is 26.0 Å². The van der Waals surface area contributed by atoms with Crippen molar-refractivity contribution < 1.29 is 19.1 Å². The number of hydrogen-bond donors (Lipinski definition) is 1. The zero-order valence-electron chi connectivity index (χ0n) is 18.1. The molecule has 2 aliphatic heterocycles. The van der Waals surface area contributed by atoms with E-state index in [1.54, 1.807) is 17.0 Å². The third-order valence-corrected chi connectivity index (χ3v) is 5.55. The predicted octanol–water partition coefficient (Wildman–Crippen LogP) is 3.39. The number of hydrogen-bond acceptors (Lipinski definition) is 4. The largest absolute Gasteiger partial charge is 0.368 e. The minimum absolute atomic E-state index is 0. The van der Waals surface area contributed by atoms with Gasteiger partial charge in [0, 0.05) is 12.1 Å². The van der Waals surface area contributed by atoms with E-state index in [1.165, 1.54) is 0 Å². The zero-order valence-corrected chi connectivity index (χ0v) is 20.1. The third-order valence-electron chi connectivity index (χ3n) is 5.55. The summed E-state index contributed by atoms with van der Waals surface area (Å²) in [4.78, 5) is 39.7. The van der Waals surface area contributed by atoms with Crippen LogP contribution in [-0.2, 0) is 14.3 Å². The number of Topliss-reactive ketones (excluding diaryl/α,β-unsaturated/α-hetero) is 1. The summed E-state index contributed by atoms with van der Waals surface area (Å²) in [6.07, 6.45) is 0.995. The Morgan fingerprint density at radius 3 is 2.29 bits per heavy atom. The number of carbonyl (C=O) groups is 3. The molecule has 0 saturated carbocycles. The molecule has 176 valence electrons. The lowest BCUT2D eigenvalue weighted by Gasteiger charge is -2.28. The maximum absolute atomic E-state index is 13.2. The van der Waals surface area contributed by atoms with Crippen molar-refractivity contribution in [3.05, 3.63) is 35.4 Å². The van der Waals surface area contributed by atoms with Crippen LogP contribution in [0.5, 0.6) is 0 Å². The van der Waals surface area contributed by atoms with Gasteiger partial charge in [-0.25, -0.2) is 0 Å². The number of amides is 2. The minimum Gasteiger partial charge on any atom is -0.368 e. The molecule has 2 amide bonds. The molecule has 2 heterocycles. The molecule has 0 bridgehead atoms. The molecule has 1 aromatic carbocycles. The van der Waals surface area contributed by atoms with Crippen LogP contribution >= 0.6 is 27.0 Å². The van der Waals surface area contributed by atoms with Crippen molar-refractivity contribution >= 4 is 44.6 Å². The van der Waals surface area contributed by atoms with Crippen LogP contribution < -0.4 is 5.32 Å². The maximum atomic E-state index is 13.2. The number of fused-ring (bicyclic) bond motifs is 1. The molecule has 8 heteroatoms. The second kappa shape index (κ2) is 12.5. The van der Waals surface area contributed by atoms with Crippen LogP contribution in [0, 0.1) is 5.92 Å². The average molecular weight is 471 g/mol. The Balaban J connectivity index is 0.00000300. The molecular formula is C23H38N2O4S2. The van der Waals surface area contributed by atoms with Gasteiger partial charge in [-0.3, -0.25) is 14.4 Å². The summed E-state index contributed by atoms with van der Waals surface area (Å²) in [5.74, 6) is 0.120. The van der Waals surface area contributed by atoms with Crippen molar-refractivity contribution in [2.24, 2.45) is 5.92 Å². The second-order valence-corrected chi connectivity index (χ2v) is 8.51. The molecule has 1 aromatic rings. The van der Waals surface area contributed by atoms with E-state index in [0.717, 1.165) is 5.56 Å². The Morgan fingerprint density at radius 1 is 1.13 bits per heavy atom. The summed E-state index contributed by atoms with van der Waals surface area (Å²) < 4.78 is 5.48. The van der Waals surface area contributed by atoms with Crippen LogP contribution in [0.2, 0.25) is 0 Å². The molecule has 0 spiro atoms. The van der Waals surface area contributed by atoms with Crippen molar-refractivity contribution in [1.29, 1.82) is 0 Å². The van der Waals surface area contributed by atoms with Gasteiger partial charge in [-0.05, 0) is 42.4 Å². The Hall–Kier alpha value is -1.51.